The number of rotatable bonds is 6. The highest BCUT2D eigenvalue weighted by Gasteiger charge is 2.11. The number of pyridine rings is 1. The molecule has 8 heteroatoms. The number of aliphatic hydroxyl groups is 1. The van der Waals surface area contributed by atoms with Crippen molar-refractivity contribution in [2.45, 2.75) is 20.4 Å². The van der Waals surface area contributed by atoms with Gasteiger partial charge in [-0.3, -0.25) is 10.1 Å². The van der Waals surface area contributed by atoms with Crippen LogP contribution in [0.2, 0.25) is 5.15 Å². The Morgan fingerprint density at radius 3 is 2.57 bits per heavy atom. The molecule has 0 amide bonds. The molecule has 0 bridgehead atoms. The van der Waals surface area contributed by atoms with Gasteiger partial charge in [0.25, 0.3) is 6.20 Å². The fraction of sp³-hybridized carbons (Fsp3) is 0.462. The van der Waals surface area contributed by atoms with Crippen molar-refractivity contribution in [3.05, 3.63) is 51.2 Å². The summed E-state index contributed by atoms with van der Waals surface area (Å²) in [5, 5.41) is 21.3. The molecule has 1 rings (SSSR count). The van der Waals surface area contributed by atoms with Crippen LogP contribution in [-0.2, 0) is 6.54 Å². The number of hydrogen-bond donors (Lipinski definition) is 2. The van der Waals surface area contributed by atoms with E-state index in [9.17, 15) is 10.1 Å². The lowest BCUT2D eigenvalue weighted by molar-refractivity contribution is -0.404. The van der Waals surface area contributed by atoms with Gasteiger partial charge in [-0.1, -0.05) is 17.7 Å². The van der Waals surface area contributed by atoms with Crippen LogP contribution in [0.15, 0.2) is 30.4 Å². The molecule has 1 aromatic heterocycles. The van der Waals surface area contributed by atoms with Crippen molar-refractivity contribution in [2.75, 3.05) is 20.2 Å². The van der Waals surface area contributed by atoms with Crippen molar-refractivity contribution >= 4 is 11.6 Å². The summed E-state index contributed by atoms with van der Waals surface area (Å²) in [6.45, 7) is 5.03. The first-order valence-electron chi connectivity index (χ1n) is 6.47. The van der Waals surface area contributed by atoms with E-state index in [4.69, 9.17) is 16.7 Å². The van der Waals surface area contributed by atoms with Gasteiger partial charge in [0, 0.05) is 32.9 Å². The average Bonchev–Trinajstić information content (AvgIpc) is 2.45. The molecule has 118 valence electrons. The van der Waals surface area contributed by atoms with E-state index in [1.807, 2.05) is 17.9 Å². The molecule has 0 atom stereocenters. The molecule has 0 aliphatic carbocycles. The highest BCUT2D eigenvalue weighted by Crippen LogP contribution is 2.10. The molecular weight excluding hydrogens is 296 g/mol. The largest absolute Gasteiger partial charge is 0.397 e. The molecule has 1 heterocycles. The van der Waals surface area contributed by atoms with Crippen LogP contribution in [0.25, 0.3) is 0 Å². The lowest BCUT2D eigenvalue weighted by Crippen LogP contribution is -2.30. The lowest BCUT2D eigenvalue weighted by atomic mass is 10.2. The molecular formula is C13H21ClN4O3. The van der Waals surface area contributed by atoms with Crippen LogP contribution < -0.4 is 5.32 Å². The predicted octanol–water partition coefficient (Wildman–Crippen LogP) is 1.85. The van der Waals surface area contributed by atoms with E-state index in [0.717, 1.165) is 11.8 Å². The van der Waals surface area contributed by atoms with Crippen molar-refractivity contribution in [1.29, 1.82) is 0 Å². The van der Waals surface area contributed by atoms with Crippen LogP contribution in [0.4, 0.5) is 0 Å². The summed E-state index contributed by atoms with van der Waals surface area (Å²) in [4.78, 5) is 15.9. The Bertz CT molecular complexity index is 451. The fourth-order valence-corrected chi connectivity index (χ4v) is 1.60. The zero-order valence-electron chi connectivity index (χ0n) is 12.4. The summed E-state index contributed by atoms with van der Waals surface area (Å²) >= 11 is 5.70. The van der Waals surface area contributed by atoms with E-state index < -0.39 is 4.92 Å². The molecule has 0 aliphatic rings. The van der Waals surface area contributed by atoms with Crippen molar-refractivity contribution in [1.82, 2.24) is 15.2 Å². The third kappa shape index (κ3) is 8.11. The van der Waals surface area contributed by atoms with Crippen molar-refractivity contribution in [3.63, 3.8) is 0 Å². The van der Waals surface area contributed by atoms with Crippen LogP contribution in [0.1, 0.15) is 19.4 Å². The first kappa shape index (κ1) is 19.1. The summed E-state index contributed by atoms with van der Waals surface area (Å²) in [7, 11) is 1.65. The van der Waals surface area contributed by atoms with Crippen LogP contribution in [-0.4, -0.2) is 40.1 Å². The van der Waals surface area contributed by atoms with Gasteiger partial charge in [-0.2, -0.15) is 0 Å². The van der Waals surface area contributed by atoms with E-state index >= 15 is 0 Å². The second-order valence-electron chi connectivity index (χ2n) is 3.87. The van der Waals surface area contributed by atoms with E-state index in [1.54, 1.807) is 26.2 Å². The highest BCUT2D eigenvalue weighted by molar-refractivity contribution is 6.29. The molecule has 0 radical (unpaired) electrons. The van der Waals surface area contributed by atoms with E-state index in [2.05, 4.69) is 10.3 Å². The van der Waals surface area contributed by atoms with Gasteiger partial charge in [-0.15, -0.1) is 0 Å². The minimum Gasteiger partial charge on any atom is -0.397 e. The molecule has 0 saturated heterocycles. The number of hydrogen-bond acceptors (Lipinski definition) is 6. The zero-order valence-corrected chi connectivity index (χ0v) is 13.2. The SMILES string of the molecule is CCN(Cc1ccc(Cl)nc1)C(=C[N+](=O)[O-])NC.CCO. The van der Waals surface area contributed by atoms with Crippen LogP contribution in [0.3, 0.4) is 0 Å². The molecule has 0 fully saturated rings. The predicted molar refractivity (Wildman–Crippen MR) is 82.2 cm³/mol. The minimum atomic E-state index is -0.478. The molecule has 1 aromatic rings. The molecule has 0 aromatic carbocycles. The van der Waals surface area contributed by atoms with Crippen LogP contribution >= 0.6 is 11.6 Å². The smallest absolute Gasteiger partial charge is 0.274 e. The number of aliphatic hydroxyl groups excluding tert-OH is 1. The topological polar surface area (TPSA) is 91.5 Å². The summed E-state index contributed by atoms with van der Waals surface area (Å²) in [6, 6.07) is 3.54. The maximum atomic E-state index is 10.5. The number of aromatic nitrogens is 1. The Kier molecular flexibility index (Phi) is 9.91. The molecule has 0 saturated carbocycles. The molecule has 0 unspecified atom stereocenters. The molecule has 7 nitrogen and oxygen atoms in total. The van der Waals surface area contributed by atoms with Gasteiger partial charge in [-0.05, 0) is 25.5 Å². The van der Waals surface area contributed by atoms with Crippen molar-refractivity contribution in [3.8, 4) is 0 Å². The monoisotopic (exact) mass is 316 g/mol. The van der Waals surface area contributed by atoms with Gasteiger partial charge in [0.15, 0.2) is 5.82 Å². The van der Waals surface area contributed by atoms with Gasteiger partial charge >= 0.3 is 0 Å². The maximum Gasteiger partial charge on any atom is 0.274 e. The first-order chi connectivity index (χ1) is 9.98. The third-order valence-corrected chi connectivity index (χ3v) is 2.59. The molecule has 2 N–H and O–H groups in total. The number of nitrogens with zero attached hydrogens (tertiary/aromatic N) is 3. The Morgan fingerprint density at radius 1 is 1.57 bits per heavy atom. The number of nitrogens with one attached hydrogen (secondary N) is 1. The Labute approximate surface area is 129 Å². The van der Waals surface area contributed by atoms with Gasteiger partial charge in [0.2, 0.25) is 0 Å². The number of halogens is 1. The average molecular weight is 317 g/mol. The molecule has 21 heavy (non-hydrogen) atoms. The van der Waals surface area contributed by atoms with E-state index in [1.165, 1.54) is 0 Å². The van der Waals surface area contributed by atoms with E-state index in [0.29, 0.717) is 24.1 Å². The Balaban J connectivity index is 0.00000122. The summed E-state index contributed by atoms with van der Waals surface area (Å²) in [6.07, 6.45) is 2.61. The first-order valence-corrected chi connectivity index (χ1v) is 6.85. The van der Waals surface area contributed by atoms with Crippen LogP contribution in [0.5, 0.6) is 0 Å². The fourth-order valence-electron chi connectivity index (χ4n) is 1.49. The molecule has 0 aliphatic heterocycles. The lowest BCUT2D eigenvalue weighted by Gasteiger charge is -2.23. The maximum absolute atomic E-state index is 10.5. The van der Waals surface area contributed by atoms with Gasteiger partial charge in [0.05, 0.1) is 4.92 Å². The van der Waals surface area contributed by atoms with Gasteiger partial charge in [0.1, 0.15) is 5.15 Å². The number of nitro groups is 1. The summed E-state index contributed by atoms with van der Waals surface area (Å²) in [5.74, 6) is 0.456. The summed E-state index contributed by atoms with van der Waals surface area (Å²) < 4.78 is 0. The van der Waals surface area contributed by atoms with Crippen molar-refractivity contribution < 1.29 is 10.0 Å². The zero-order chi connectivity index (χ0) is 16.3. The standard InChI is InChI=1S/C11H15ClN4O2.C2H6O/c1-3-15(11(13-2)8-16(17)18)7-9-4-5-10(12)14-6-9;1-2-3/h4-6,8,13H,3,7H2,1-2H3;3H,2H2,1H3. The van der Waals surface area contributed by atoms with Gasteiger partial charge in [-0.25, -0.2) is 4.98 Å². The minimum absolute atomic E-state index is 0.250. The highest BCUT2D eigenvalue weighted by atomic mass is 35.5. The Hall–Kier alpha value is -1.86. The normalized spacial score (nSPS) is 10.4. The quantitative estimate of drug-likeness (QED) is 0.473. The Morgan fingerprint density at radius 2 is 2.19 bits per heavy atom. The van der Waals surface area contributed by atoms with Crippen LogP contribution in [0, 0.1) is 10.1 Å². The summed E-state index contributed by atoms with van der Waals surface area (Å²) in [5.41, 5.74) is 0.936. The van der Waals surface area contributed by atoms with Gasteiger partial charge < -0.3 is 15.3 Å². The second kappa shape index (κ2) is 10.9. The molecule has 0 spiro atoms. The van der Waals surface area contributed by atoms with Crippen molar-refractivity contribution in [2.24, 2.45) is 0 Å². The second-order valence-corrected chi connectivity index (χ2v) is 4.26. The van der Waals surface area contributed by atoms with E-state index in [-0.39, 0.29) is 6.61 Å². The third-order valence-electron chi connectivity index (χ3n) is 2.37.